The molecule has 1 unspecified atom stereocenters. The molecule has 2 aromatic rings. The standard InChI is InChI=1S/C23H28N2O4/c1-17-10-12-20(13-11-17)21(24-18(2)26)15-22(27)25(14-6-9-23(28)29)16-19-7-4-3-5-8-19/h3-5,7-8,10-13,21H,6,9,14-16H2,1-2H3,(H,24,26)(H,28,29). The average molecular weight is 396 g/mol. The first-order valence-corrected chi connectivity index (χ1v) is 9.72. The Bertz CT molecular complexity index is 819. The van der Waals surface area contributed by atoms with Gasteiger partial charge in [0.15, 0.2) is 0 Å². The molecule has 2 aromatic carbocycles. The van der Waals surface area contributed by atoms with Gasteiger partial charge in [-0.3, -0.25) is 14.4 Å². The van der Waals surface area contributed by atoms with Crippen LogP contribution in [0.1, 0.15) is 48.9 Å². The second-order valence-corrected chi connectivity index (χ2v) is 7.17. The first-order chi connectivity index (χ1) is 13.8. The topological polar surface area (TPSA) is 86.7 Å². The largest absolute Gasteiger partial charge is 0.481 e. The molecule has 1 atom stereocenters. The third-order valence-corrected chi connectivity index (χ3v) is 4.62. The molecule has 0 radical (unpaired) electrons. The summed E-state index contributed by atoms with van der Waals surface area (Å²) in [5.74, 6) is -1.21. The lowest BCUT2D eigenvalue weighted by Gasteiger charge is -2.26. The summed E-state index contributed by atoms with van der Waals surface area (Å²) < 4.78 is 0. The van der Waals surface area contributed by atoms with E-state index >= 15 is 0 Å². The molecule has 0 aliphatic carbocycles. The fraction of sp³-hybridized carbons (Fsp3) is 0.348. The van der Waals surface area contributed by atoms with E-state index in [0.717, 1.165) is 16.7 Å². The number of amides is 2. The highest BCUT2D eigenvalue weighted by molar-refractivity contribution is 5.79. The van der Waals surface area contributed by atoms with E-state index < -0.39 is 12.0 Å². The smallest absolute Gasteiger partial charge is 0.303 e. The Morgan fingerprint density at radius 1 is 1.03 bits per heavy atom. The van der Waals surface area contributed by atoms with Crippen molar-refractivity contribution < 1.29 is 19.5 Å². The predicted octanol–water partition coefficient (Wildman–Crippen LogP) is 3.46. The van der Waals surface area contributed by atoms with Gasteiger partial charge >= 0.3 is 5.97 Å². The number of benzene rings is 2. The van der Waals surface area contributed by atoms with Gasteiger partial charge in [-0.05, 0) is 24.5 Å². The minimum absolute atomic E-state index is 0.00561. The van der Waals surface area contributed by atoms with E-state index in [9.17, 15) is 14.4 Å². The molecular weight excluding hydrogens is 368 g/mol. The molecule has 0 heterocycles. The average Bonchev–Trinajstić information content (AvgIpc) is 2.67. The molecule has 6 heteroatoms. The molecule has 2 rings (SSSR count). The highest BCUT2D eigenvalue weighted by atomic mass is 16.4. The Hall–Kier alpha value is -3.15. The van der Waals surface area contributed by atoms with E-state index in [4.69, 9.17) is 5.11 Å². The maximum Gasteiger partial charge on any atom is 0.303 e. The predicted molar refractivity (Wildman–Crippen MR) is 111 cm³/mol. The van der Waals surface area contributed by atoms with Crippen molar-refractivity contribution in [3.05, 3.63) is 71.3 Å². The van der Waals surface area contributed by atoms with Gasteiger partial charge in [0.2, 0.25) is 11.8 Å². The normalized spacial score (nSPS) is 11.5. The fourth-order valence-electron chi connectivity index (χ4n) is 3.12. The highest BCUT2D eigenvalue weighted by Gasteiger charge is 2.22. The zero-order valence-electron chi connectivity index (χ0n) is 16.9. The van der Waals surface area contributed by atoms with E-state index in [1.165, 1.54) is 6.92 Å². The minimum Gasteiger partial charge on any atom is -0.481 e. The lowest BCUT2D eigenvalue weighted by atomic mass is 10.0. The molecule has 154 valence electrons. The van der Waals surface area contributed by atoms with Crippen LogP contribution in [0.15, 0.2) is 54.6 Å². The summed E-state index contributed by atoms with van der Waals surface area (Å²) in [4.78, 5) is 37.3. The monoisotopic (exact) mass is 396 g/mol. The zero-order valence-corrected chi connectivity index (χ0v) is 16.9. The van der Waals surface area contributed by atoms with Crippen molar-refractivity contribution >= 4 is 17.8 Å². The number of nitrogens with zero attached hydrogens (tertiary/aromatic N) is 1. The summed E-state index contributed by atoms with van der Waals surface area (Å²) in [6.07, 6.45) is 0.497. The second-order valence-electron chi connectivity index (χ2n) is 7.17. The second kappa shape index (κ2) is 11.0. The van der Waals surface area contributed by atoms with Crippen molar-refractivity contribution in [1.82, 2.24) is 10.2 Å². The van der Waals surface area contributed by atoms with Gasteiger partial charge in [0.25, 0.3) is 0 Å². The molecule has 2 amide bonds. The summed E-state index contributed by atoms with van der Waals surface area (Å²) in [6, 6.07) is 16.9. The Balaban J connectivity index is 2.15. The van der Waals surface area contributed by atoms with Gasteiger partial charge in [0.1, 0.15) is 0 Å². The number of aliphatic carboxylic acids is 1. The van der Waals surface area contributed by atoms with Crippen LogP contribution in [0.3, 0.4) is 0 Å². The van der Waals surface area contributed by atoms with Crippen molar-refractivity contribution in [3.63, 3.8) is 0 Å². The van der Waals surface area contributed by atoms with Gasteiger partial charge < -0.3 is 15.3 Å². The number of carboxylic acids is 1. The van der Waals surface area contributed by atoms with Crippen LogP contribution in [-0.2, 0) is 20.9 Å². The molecule has 0 bridgehead atoms. The van der Waals surface area contributed by atoms with Crippen LogP contribution in [0.5, 0.6) is 0 Å². The van der Waals surface area contributed by atoms with E-state index in [1.807, 2.05) is 61.5 Å². The molecular formula is C23H28N2O4. The molecule has 2 N–H and O–H groups in total. The molecule has 29 heavy (non-hydrogen) atoms. The summed E-state index contributed by atoms with van der Waals surface area (Å²) in [5, 5.41) is 11.8. The van der Waals surface area contributed by atoms with Crippen molar-refractivity contribution in [2.45, 2.75) is 45.7 Å². The maximum atomic E-state index is 13.1. The molecule has 6 nitrogen and oxygen atoms in total. The van der Waals surface area contributed by atoms with Crippen LogP contribution in [0.25, 0.3) is 0 Å². The first kappa shape index (κ1) is 22.1. The minimum atomic E-state index is -0.882. The molecule has 0 aromatic heterocycles. The SMILES string of the molecule is CC(=O)NC(CC(=O)N(CCCC(=O)O)Cc1ccccc1)c1ccc(C)cc1. The molecule has 0 spiro atoms. The summed E-state index contributed by atoms with van der Waals surface area (Å²) >= 11 is 0. The Morgan fingerprint density at radius 3 is 2.28 bits per heavy atom. The zero-order chi connectivity index (χ0) is 21.2. The van der Waals surface area contributed by atoms with Crippen molar-refractivity contribution in [2.24, 2.45) is 0 Å². The summed E-state index contributed by atoms with van der Waals surface area (Å²) in [6.45, 7) is 4.16. The summed E-state index contributed by atoms with van der Waals surface area (Å²) in [5.41, 5.74) is 2.94. The Labute approximate surface area is 171 Å². The number of aryl methyl sites for hydroxylation is 1. The van der Waals surface area contributed by atoms with Crippen LogP contribution in [-0.4, -0.2) is 34.3 Å². The van der Waals surface area contributed by atoms with E-state index in [0.29, 0.717) is 19.5 Å². The van der Waals surface area contributed by atoms with E-state index in [2.05, 4.69) is 5.32 Å². The van der Waals surface area contributed by atoms with Gasteiger partial charge in [0.05, 0.1) is 12.5 Å². The number of carbonyl (C=O) groups is 3. The number of nitrogens with one attached hydrogen (secondary N) is 1. The third-order valence-electron chi connectivity index (χ3n) is 4.62. The van der Waals surface area contributed by atoms with Crippen molar-refractivity contribution in [2.75, 3.05) is 6.54 Å². The Kier molecular flexibility index (Phi) is 8.40. The lowest BCUT2D eigenvalue weighted by molar-refractivity contribution is -0.138. The molecule has 0 aliphatic rings. The van der Waals surface area contributed by atoms with Crippen LogP contribution >= 0.6 is 0 Å². The van der Waals surface area contributed by atoms with Crippen LogP contribution in [0.2, 0.25) is 0 Å². The lowest BCUT2D eigenvalue weighted by Crippen LogP contribution is -2.36. The number of hydrogen-bond donors (Lipinski definition) is 2. The fourth-order valence-corrected chi connectivity index (χ4v) is 3.12. The van der Waals surface area contributed by atoms with Crippen molar-refractivity contribution in [3.8, 4) is 0 Å². The first-order valence-electron chi connectivity index (χ1n) is 9.72. The van der Waals surface area contributed by atoms with Gasteiger partial charge in [-0.1, -0.05) is 60.2 Å². The number of carbonyl (C=O) groups excluding carboxylic acids is 2. The quantitative estimate of drug-likeness (QED) is 0.644. The van der Waals surface area contributed by atoms with Gasteiger partial charge in [-0.25, -0.2) is 0 Å². The third kappa shape index (κ3) is 7.78. The van der Waals surface area contributed by atoms with Gasteiger partial charge in [-0.15, -0.1) is 0 Å². The van der Waals surface area contributed by atoms with Gasteiger partial charge in [0, 0.05) is 26.4 Å². The molecule has 0 aliphatic heterocycles. The van der Waals surface area contributed by atoms with Crippen LogP contribution < -0.4 is 5.32 Å². The van der Waals surface area contributed by atoms with Crippen molar-refractivity contribution in [1.29, 1.82) is 0 Å². The number of carboxylic acid groups (broad SMARTS) is 1. The van der Waals surface area contributed by atoms with E-state index in [-0.39, 0.29) is 24.7 Å². The maximum absolute atomic E-state index is 13.1. The molecule has 0 saturated heterocycles. The van der Waals surface area contributed by atoms with Crippen LogP contribution in [0, 0.1) is 6.92 Å². The van der Waals surface area contributed by atoms with Gasteiger partial charge in [-0.2, -0.15) is 0 Å². The summed E-state index contributed by atoms with van der Waals surface area (Å²) in [7, 11) is 0. The van der Waals surface area contributed by atoms with E-state index in [1.54, 1.807) is 4.90 Å². The molecule has 0 saturated carbocycles. The number of rotatable bonds is 10. The number of hydrogen-bond acceptors (Lipinski definition) is 3. The van der Waals surface area contributed by atoms with Crippen LogP contribution in [0.4, 0.5) is 0 Å². The molecule has 0 fully saturated rings. The highest BCUT2D eigenvalue weighted by Crippen LogP contribution is 2.20. The Morgan fingerprint density at radius 2 is 1.69 bits per heavy atom.